The average Bonchev–Trinajstić information content (AvgIpc) is 3.19. The lowest BCUT2D eigenvalue weighted by Gasteiger charge is -2.50. The molecule has 5 fully saturated rings. The van der Waals surface area contributed by atoms with Gasteiger partial charge in [0.2, 0.25) is 5.91 Å². The highest BCUT2D eigenvalue weighted by molar-refractivity contribution is 5.73. The summed E-state index contributed by atoms with van der Waals surface area (Å²) in [5, 5.41) is 160. The highest BCUT2D eigenvalue weighted by atomic mass is 16.8. The lowest BCUT2D eigenvalue weighted by Crippen LogP contribution is -2.70. The summed E-state index contributed by atoms with van der Waals surface area (Å²) in [4.78, 5) is 12.4. The van der Waals surface area contributed by atoms with Gasteiger partial charge in [0.1, 0.15) is 116 Å². The van der Waals surface area contributed by atoms with Gasteiger partial charge in [-0.05, 0) is 6.92 Å². The molecule has 0 aromatic carbocycles. The summed E-state index contributed by atoms with van der Waals surface area (Å²) >= 11 is 0. The predicted octanol–water partition coefficient (Wildman–Crippen LogP) is -10.8. The van der Waals surface area contributed by atoms with E-state index >= 15 is 0 Å². The highest BCUT2D eigenvalue weighted by Gasteiger charge is 2.57. The molecule has 0 radical (unpaired) electrons. The summed E-state index contributed by atoms with van der Waals surface area (Å²) in [6, 6.07) is -1.71. The fraction of sp³-hybridized carbons (Fsp3) is 0.969. The first kappa shape index (κ1) is 47.6. The number of ether oxygens (including phenoxy) is 9. The molecule has 16 N–H and O–H groups in total. The van der Waals surface area contributed by atoms with Crippen LogP contribution in [0.3, 0.4) is 0 Å². The molecule has 5 heterocycles. The van der Waals surface area contributed by atoms with E-state index in [4.69, 9.17) is 42.6 Å². The number of carbonyl (C=O) groups excluding carboxylic acids is 1. The molecule has 0 bridgehead atoms. The van der Waals surface area contributed by atoms with Gasteiger partial charge in [0, 0.05) is 6.92 Å². The van der Waals surface area contributed by atoms with Crippen LogP contribution in [-0.4, -0.2) is 262 Å². The molecule has 1 amide bonds. The van der Waals surface area contributed by atoms with E-state index in [0.29, 0.717) is 0 Å². The SMILES string of the molecule is CC(=O)N[C@H]1[C@H](O[C@H]2[C@@H](O)[C@@H](CO)O[C@@H](O[C@H]3[C@H](O)[C@@H](O)[C@H](O)O[C@@H]3CO)[C@@H]2O)O[C@H](CO)[C@@H](O[C@@H]2O[C@H](CO)[C@H](O)[C@H](O)[C@H]2O[C@H]2O[C@@H](C)[C@@H](O)[C@@H](O)[C@@H]2O)[C@@H]1O. The lowest BCUT2D eigenvalue weighted by molar-refractivity contribution is -0.391. The van der Waals surface area contributed by atoms with Crippen molar-refractivity contribution in [3.05, 3.63) is 0 Å². The molecule has 5 aliphatic heterocycles. The van der Waals surface area contributed by atoms with Gasteiger partial charge >= 0.3 is 0 Å². The minimum atomic E-state index is -2.08. The number of rotatable bonds is 13. The molecule has 25 atom stereocenters. The molecule has 5 saturated heterocycles. The monoisotopic (exact) mass is 853 g/mol. The van der Waals surface area contributed by atoms with Gasteiger partial charge in [-0.15, -0.1) is 0 Å². The standard InChI is InChI=1S/C32H55NO25/c1-7-14(39)18(43)22(47)30(50-7)58-27-19(44)15(40)9(3-34)53-32(27)56-24-12(6-37)54-29(13(17(24)42)33-8(2)38)57-26-16(41)10(4-35)52-31(23(26)48)55-25-11(5-36)51-28(49)21(46)20(25)45/h7,9-32,34-37,39-49H,3-6H2,1-2H3,(H,33,38)/t7-,9+,10+,11+,12+,13+,14+,15-,16-,17+,18+,19-,20+,21+,22-,23+,24+,25+,26-,27+,28+,29-,30+,31-,32-/m0/s1. The number of hydrogen-bond donors (Lipinski definition) is 16. The molecule has 0 aromatic rings. The van der Waals surface area contributed by atoms with Gasteiger partial charge in [-0.25, -0.2) is 0 Å². The summed E-state index contributed by atoms with van der Waals surface area (Å²) in [6.45, 7) is -1.30. The van der Waals surface area contributed by atoms with Crippen molar-refractivity contribution >= 4 is 5.91 Å². The van der Waals surface area contributed by atoms with E-state index in [1.54, 1.807) is 0 Å². The Morgan fingerprint density at radius 2 is 0.914 bits per heavy atom. The zero-order valence-corrected chi connectivity index (χ0v) is 31.1. The van der Waals surface area contributed by atoms with Crippen LogP contribution in [0, 0.1) is 0 Å². The van der Waals surface area contributed by atoms with E-state index in [-0.39, 0.29) is 0 Å². The smallest absolute Gasteiger partial charge is 0.217 e. The molecule has 0 spiro atoms. The molecular weight excluding hydrogens is 798 g/mol. The third-order valence-corrected chi connectivity index (χ3v) is 10.7. The first-order valence-corrected chi connectivity index (χ1v) is 18.5. The maximum absolute atomic E-state index is 12.4. The highest BCUT2D eigenvalue weighted by Crippen LogP contribution is 2.36. The number of hydrogen-bond acceptors (Lipinski definition) is 25. The molecule has 26 nitrogen and oxygen atoms in total. The molecule has 0 unspecified atom stereocenters. The first-order valence-electron chi connectivity index (χ1n) is 18.5. The second-order valence-corrected chi connectivity index (χ2v) is 14.7. The number of aliphatic hydroxyl groups is 15. The summed E-state index contributed by atoms with van der Waals surface area (Å²) < 4.78 is 50.6. The Balaban J connectivity index is 1.38. The third-order valence-electron chi connectivity index (χ3n) is 10.7. The molecule has 338 valence electrons. The van der Waals surface area contributed by atoms with E-state index in [2.05, 4.69) is 5.32 Å². The van der Waals surface area contributed by atoms with E-state index in [1.807, 2.05) is 0 Å². The van der Waals surface area contributed by atoms with Crippen molar-refractivity contribution in [2.24, 2.45) is 0 Å². The van der Waals surface area contributed by atoms with E-state index in [1.165, 1.54) is 6.92 Å². The Hall–Kier alpha value is -1.49. The number of aliphatic hydroxyl groups excluding tert-OH is 15. The Labute approximate surface area is 329 Å². The summed E-state index contributed by atoms with van der Waals surface area (Å²) in [5.41, 5.74) is 0. The van der Waals surface area contributed by atoms with Crippen LogP contribution >= 0.6 is 0 Å². The molecule has 5 rings (SSSR count). The van der Waals surface area contributed by atoms with Crippen LogP contribution in [0.25, 0.3) is 0 Å². The molecule has 5 aliphatic rings. The van der Waals surface area contributed by atoms with Crippen LogP contribution in [0.1, 0.15) is 13.8 Å². The van der Waals surface area contributed by atoms with Crippen LogP contribution in [0.2, 0.25) is 0 Å². The van der Waals surface area contributed by atoms with Gasteiger partial charge in [0.15, 0.2) is 31.5 Å². The van der Waals surface area contributed by atoms with E-state index < -0.39 is 186 Å². The largest absolute Gasteiger partial charge is 0.394 e. The van der Waals surface area contributed by atoms with Crippen molar-refractivity contribution in [2.45, 2.75) is 167 Å². The zero-order chi connectivity index (χ0) is 42.9. The summed E-state index contributed by atoms with van der Waals surface area (Å²) in [5.74, 6) is -0.806. The van der Waals surface area contributed by atoms with Crippen molar-refractivity contribution in [1.29, 1.82) is 0 Å². The maximum atomic E-state index is 12.4. The van der Waals surface area contributed by atoms with Gasteiger partial charge in [-0.2, -0.15) is 0 Å². The van der Waals surface area contributed by atoms with Crippen LogP contribution in [0.15, 0.2) is 0 Å². The molecule has 0 aliphatic carbocycles. The Bertz CT molecular complexity index is 1310. The van der Waals surface area contributed by atoms with Gasteiger partial charge in [0.05, 0.1) is 32.5 Å². The summed E-state index contributed by atoms with van der Waals surface area (Å²) in [6.07, 6.45) is -43.0. The molecule has 0 saturated carbocycles. The van der Waals surface area contributed by atoms with Crippen molar-refractivity contribution < 1.29 is 124 Å². The quantitative estimate of drug-likeness (QED) is 0.0818. The Morgan fingerprint density at radius 1 is 0.448 bits per heavy atom. The number of carbonyl (C=O) groups is 1. The summed E-state index contributed by atoms with van der Waals surface area (Å²) in [7, 11) is 0. The van der Waals surface area contributed by atoms with Crippen LogP contribution in [0.4, 0.5) is 0 Å². The van der Waals surface area contributed by atoms with Gasteiger partial charge in [0.25, 0.3) is 0 Å². The molecule has 0 aromatic heterocycles. The van der Waals surface area contributed by atoms with Gasteiger partial charge < -0.3 is 125 Å². The topological polar surface area (TPSA) is 416 Å². The van der Waals surface area contributed by atoms with E-state index in [9.17, 15) is 81.4 Å². The van der Waals surface area contributed by atoms with Crippen LogP contribution in [-0.2, 0) is 47.4 Å². The number of amides is 1. The lowest BCUT2D eigenvalue weighted by atomic mass is 9.94. The zero-order valence-electron chi connectivity index (χ0n) is 31.1. The Kier molecular flexibility index (Phi) is 16.5. The van der Waals surface area contributed by atoms with Gasteiger partial charge in [-0.3, -0.25) is 4.79 Å². The third kappa shape index (κ3) is 9.75. The normalized spacial score (nSPS) is 51.6. The number of nitrogens with one attached hydrogen (secondary N) is 1. The van der Waals surface area contributed by atoms with Crippen LogP contribution in [0.5, 0.6) is 0 Å². The van der Waals surface area contributed by atoms with Crippen molar-refractivity contribution in [1.82, 2.24) is 5.32 Å². The fourth-order valence-corrected chi connectivity index (χ4v) is 7.36. The van der Waals surface area contributed by atoms with Crippen molar-refractivity contribution in [3.63, 3.8) is 0 Å². The fourth-order valence-electron chi connectivity index (χ4n) is 7.36. The first-order chi connectivity index (χ1) is 27.4. The maximum Gasteiger partial charge on any atom is 0.217 e. The average molecular weight is 854 g/mol. The molecular formula is C32H55NO25. The van der Waals surface area contributed by atoms with Crippen molar-refractivity contribution in [3.8, 4) is 0 Å². The van der Waals surface area contributed by atoms with E-state index in [0.717, 1.165) is 6.92 Å². The minimum absolute atomic E-state index is 0.806. The van der Waals surface area contributed by atoms with Crippen molar-refractivity contribution in [2.75, 3.05) is 26.4 Å². The Morgan fingerprint density at radius 3 is 1.52 bits per heavy atom. The predicted molar refractivity (Wildman–Crippen MR) is 177 cm³/mol. The van der Waals surface area contributed by atoms with Crippen LogP contribution < -0.4 is 5.32 Å². The molecule has 58 heavy (non-hydrogen) atoms. The second-order valence-electron chi connectivity index (χ2n) is 14.7. The molecule has 26 heteroatoms. The van der Waals surface area contributed by atoms with Gasteiger partial charge in [-0.1, -0.05) is 0 Å². The second kappa shape index (κ2) is 20.1. The minimum Gasteiger partial charge on any atom is -0.394 e.